The smallest absolute Gasteiger partial charge is 0.208 e. The maximum absolute atomic E-state index is 11.7. The van der Waals surface area contributed by atoms with Crippen molar-refractivity contribution in [3.8, 4) is 5.75 Å². The second-order valence-corrected chi connectivity index (χ2v) is 3.93. The van der Waals surface area contributed by atoms with Crippen molar-refractivity contribution in [1.29, 1.82) is 0 Å². The molecule has 0 fully saturated rings. The first-order chi connectivity index (χ1) is 7.72. The van der Waals surface area contributed by atoms with Gasteiger partial charge in [-0.25, -0.2) is 0 Å². The topological polar surface area (TPSA) is 42.1 Å². The van der Waals surface area contributed by atoms with Crippen molar-refractivity contribution < 1.29 is 4.74 Å². The minimum atomic E-state index is -0.169. The fourth-order valence-electron chi connectivity index (χ4n) is 1.48. The first-order valence-corrected chi connectivity index (χ1v) is 5.54. The zero-order chi connectivity index (χ0) is 11.5. The van der Waals surface area contributed by atoms with E-state index in [0.29, 0.717) is 17.7 Å². The summed E-state index contributed by atoms with van der Waals surface area (Å²) in [6.07, 6.45) is 2.43. The molecule has 0 unspecified atom stereocenters. The minimum absolute atomic E-state index is 0.169. The van der Waals surface area contributed by atoms with Crippen molar-refractivity contribution in [2.75, 3.05) is 6.61 Å². The van der Waals surface area contributed by atoms with Crippen LogP contribution in [0.25, 0.3) is 10.9 Å². The predicted molar refractivity (Wildman–Crippen MR) is 65.4 cm³/mol. The van der Waals surface area contributed by atoms with E-state index in [0.717, 1.165) is 11.9 Å². The van der Waals surface area contributed by atoms with Crippen LogP contribution in [0.5, 0.6) is 5.75 Å². The highest BCUT2D eigenvalue weighted by Crippen LogP contribution is 2.18. The minimum Gasteiger partial charge on any atom is -0.494 e. The van der Waals surface area contributed by atoms with Crippen molar-refractivity contribution >= 4 is 22.5 Å². The van der Waals surface area contributed by atoms with Gasteiger partial charge in [0, 0.05) is 11.7 Å². The highest BCUT2D eigenvalue weighted by atomic mass is 35.5. The summed E-state index contributed by atoms with van der Waals surface area (Å²) in [6.45, 7) is 2.68. The SMILES string of the molecule is CCCOc1ccc2[nH]cc(Cl)c(=O)c2c1. The van der Waals surface area contributed by atoms with Gasteiger partial charge in [-0.1, -0.05) is 18.5 Å². The maximum atomic E-state index is 11.7. The van der Waals surface area contributed by atoms with Gasteiger partial charge in [0.15, 0.2) is 0 Å². The molecule has 0 radical (unpaired) electrons. The van der Waals surface area contributed by atoms with E-state index in [-0.39, 0.29) is 10.5 Å². The summed E-state index contributed by atoms with van der Waals surface area (Å²) in [5, 5.41) is 0.751. The molecular formula is C12H12ClNO2. The fourth-order valence-corrected chi connectivity index (χ4v) is 1.64. The molecule has 4 heteroatoms. The molecule has 0 spiro atoms. The Labute approximate surface area is 98.0 Å². The van der Waals surface area contributed by atoms with Crippen molar-refractivity contribution in [3.63, 3.8) is 0 Å². The zero-order valence-electron chi connectivity index (χ0n) is 8.92. The summed E-state index contributed by atoms with van der Waals surface area (Å²) in [6, 6.07) is 5.37. The van der Waals surface area contributed by atoms with Crippen LogP contribution in [0.15, 0.2) is 29.2 Å². The lowest BCUT2D eigenvalue weighted by Crippen LogP contribution is -2.03. The van der Waals surface area contributed by atoms with Gasteiger partial charge in [-0.15, -0.1) is 0 Å². The monoisotopic (exact) mass is 237 g/mol. The fraction of sp³-hybridized carbons (Fsp3) is 0.250. The van der Waals surface area contributed by atoms with Gasteiger partial charge >= 0.3 is 0 Å². The summed E-state index contributed by atoms with van der Waals surface area (Å²) in [5.41, 5.74) is 0.593. The third-order valence-electron chi connectivity index (χ3n) is 2.28. The lowest BCUT2D eigenvalue weighted by atomic mass is 10.2. The Morgan fingerprint density at radius 2 is 2.25 bits per heavy atom. The van der Waals surface area contributed by atoms with Crippen LogP contribution in [0.3, 0.4) is 0 Å². The molecule has 0 aliphatic carbocycles. The molecule has 16 heavy (non-hydrogen) atoms. The van der Waals surface area contributed by atoms with E-state index in [1.165, 1.54) is 6.20 Å². The lowest BCUT2D eigenvalue weighted by Gasteiger charge is -2.05. The summed E-state index contributed by atoms with van der Waals surface area (Å²) in [4.78, 5) is 14.7. The number of fused-ring (bicyclic) bond motifs is 1. The quantitative estimate of drug-likeness (QED) is 0.892. The Hall–Kier alpha value is -1.48. The van der Waals surface area contributed by atoms with Crippen LogP contribution in [0.2, 0.25) is 5.02 Å². The number of halogens is 1. The molecule has 1 aromatic carbocycles. The van der Waals surface area contributed by atoms with Crippen LogP contribution in [0.4, 0.5) is 0 Å². The predicted octanol–water partition coefficient (Wildman–Crippen LogP) is 2.97. The first-order valence-electron chi connectivity index (χ1n) is 5.16. The number of rotatable bonds is 3. The number of nitrogens with one attached hydrogen (secondary N) is 1. The molecule has 1 N–H and O–H groups in total. The van der Waals surface area contributed by atoms with Crippen LogP contribution < -0.4 is 10.2 Å². The van der Waals surface area contributed by atoms with E-state index in [1.54, 1.807) is 6.07 Å². The molecule has 1 heterocycles. The molecule has 84 valence electrons. The Morgan fingerprint density at radius 1 is 1.44 bits per heavy atom. The second-order valence-electron chi connectivity index (χ2n) is 3.52. The van der Waals surface area contributed by atoms with Crippen molar-refractivity contribution in [3.05, 3.63) is 39.6 Å². The van der Waals surface area contributed by atoms with Crippen LogP contribution >= 0.6 is 11.6 Å². The van der Waals surface area contributed by atoms with Gasteiger partial charge in [-0.05, 0) is 24.6 Å². The van der Waals surface area contributed by atoms with Crippen molar-refractivity contribution in [2.45, 2.75) is 13.3 Å². The number of hydrogen-bond donors (Lipinski definition) is 1. The van der Waals surface area contributed by atoms with Gasteiger partial charge < -0.3 is 9.72 Å². The Kier molecular flexibility index (Phi) is 3.15. The summed E-state index contributed by atoms with van der Waals surface area (Å²) >= 11 is 5.76. The third-order valence-corrected chi connectivity index (χ3v) is 2.56. The van der Waals surface area contributed by atoms with Crippen LogP contribution in [0, 0.1) is 0 Å². The number of hydrogen-bond acceptors (Lipinski definition) is 2. The highest BCUT2D eigenvalue weighted by Gasteiger charge is 2.04. The third kappa shape index (κ3) is 2.04. The number of benzene rings is 1. The molecule has 0 saturated heterocycles. The van der Waals surface area contributed by atoms with Gasteiger partial charge in [0.05, 0.1) is 12.0 Å². The van der Waals surface area contributed by atoms with E-state index < -0.39 is 0 Å². The van der Waals surface area contributed by atoms with E-state index >= 15 is 0 Å². The molecule has 1 aromatic heterocycles. The number of ether oxygens (including phenoxy) is 1. The Bertz CT molecular complexity index is 562. The Morgan fingerprint density at radius 3 is 3.00 bits per heavy atom. The molecule has 0 saturated carbocycles. The van der Waals surface area contributed by atoms with E-state index in [9.17, 15) is 4.79 Å². The molecule has 2 aromatic rings. The Balaban J connectivity index is 2.51. The largest absolute Gasteiger partial charge is 0.494 e. The number of pyridine rings is 1. The van der Waals surface area contributed by atoms with Gasteiger partial charge in [-0.3, -0.25) is 4.79 Å². The molecule has 3 nitrogen and oxygen atoms in total. The second kappa shape index (κ2) is 4.58. The average molecular weight is 238 g/mol. The van der Waals surface area contributed by atoms with E-state index in [4.69, 9.17) is 16.3 Å². The van der Waals surface area contributed by atoms with Crippen LogP contribution in [-0.2, 0) is 0 Å². The summed E-state index contributed by atoms with van der Waals surface area (Å²) < 4.78 is 5.46. The van der Waals surface area contributed by atoms with Crippen molar-refractivity contribution in [1.82, 2.24) is 4.98 Å². The summed E-state index contributed by atoms with van der Waals surface area (Å²) in [5.74, 6) is 0.696. The normalized spacial score (nSPS) is 10.6. The van der Waals surface area contributed by atoms with Gasteiger partial charge in [0.2, 0.25) is 5.43 Å². The van der Waals surface area contributed by atoms with Gasteiger partial charge in [-0.2, -0.15) is 0 Å². The van der Waals surface area contributed by atoms with Gasteiger partial charge in [0.1, 0.15) is 10.8 Å². The first kappa shape index (κ1) is 11.0. The van der Waals surface area contributed by atoms with Crippen molar-refractivity contribution in [2.24, 2.45) is 0 Å². The number of aromatic amines is 1. The maximum Gasteiger partial charge on any atom is 0.208 e. The van der Waals surface area contributed by atoms with E-state index in [1.807, 2.05) is 19.1 Å². The lowest BCUT2D eigenvalue weighted by molar-refractivity contribution is 0.318. The molecule has 0 aliphatic heterocycles. The molecule has 0 amide bonds. The molecular weight excluding hydrogens is 226 g/mol. The van der Waals surface area contributed by atoms with E-state index in [2.05, 4.69) is 4.98 Å². The van der Waals surface area contributed by atoms with Crippen LogP contribution in [-0.4, -0.2) is 11.6 Å². The highest BCUT2D eigenvalue weighted by molar-refractivity contribution is 6.31. The molecule has 0 aliphatic rings. The molecule has 0 bridgehead atoms. The summed E-state index contributed by atoms with van der Waals surface area (Å²) in [7, 11) is 0. The number of H-pyrrole nitrogens is 1. The molecule has 0 atom stereocenters. The zero-order valence-corrected chi connectivity index (χ0v) is 9.67. The average Bonchev–Trinajstić information content (AvgIpc) is 2.31. The van der Waals surface area contributed by atoms with Gasteiger partial charge in [0.25, 0.3) is 0 Å². The molecule has 2 rings (SSSR count). The standard InChI is InChI=1S/C12H12ClNO2/c1-2-5-16-8-3-4-11-9(6-8)12(15)10(13)7-14-11/h3-4,6-7H,2,5H2,1H3,(H,14,15). The number of aromatic nitrogens is 1. The van der Waals surface area contributed by atoms with Crippen LogP contribution in [0.1, 0.15) is 13.3 Å².